The number of nitrogens with two attached hydrogens (primary N) is 1. The van der Waals surface area contributed by atoms with Crippen LogP contribution in [0.3, 0.4) is 0 Å². The SMILES string of the molecule is COCC(C)N(C)C/C(N)=N/O. The molecule has 0 radical (unpaired) electrons. The maximum Gasteiger partial charge on any atom is 0.153 e. The summed E-state index contributed by atoms with van der Waals surface area (Å²) in [5.41, 5.74) is 5.33. The standard InChI is InChI=1S/C7H17N3O2/c1-6(5-12-3)10(2)4-7(8)9-11/h6,11H,4-5H2,1-3H3,(H2,8,9). The number of amidine groups is 1. The van der Waals surface area contributed by atoms with Crippen LogP contribution in [0.4, 0.5) is 0 Å². The highest BCUT2D eigenvalue weighted by molar-refractivity contribution is 5.81. The molecule has 0 aromatic heterocycles. The van der Waals surface area contributed by atoms with Crippen LogP contribution >= 0.6 is 0 Å². The molecule has 0 spiro atoms. The van der Waals surface area contributed by atoms with E-state index in [1.54, 1.807) is 7.11 Å². The number of rotatable bonds is 5. The van der Waals surface area contributed by atoms with E-state index >= 15 is 0 Å². The zero-order chi connectivity index (χ0) is 9.56. The Morgan fingerprint density at radius 3 is 2.75 bits per heavy atom. The summed E-state index contributed by atoms with van der Waals surface area (Å²) in [5.74, 6) is 0.209. The third-order valence-corrected chi connectivity index (χ3v) is 1.70. The van der Waals surface area contributed by atoms with Gasteiger partial charge in [0, 0.05) is 13.2 Å². The molecule has 0 aliphatic rings. The predicted molar refractivity (Wildman–Crippen MR) is 47.4 cm³/mol. The van der Waals surface area contributed by atoms with Crippen molar-refractivity contribution in [1.29, 1.82) is 0 Å². The van der Waals surface area contributed by atoms with Crippen LogP contribution in [-0.4, -0.2) is 49.3 Å². The third kappa shape index (κ3) is 4.15. The van der Waals surface area contributed by atoms with Gasteiger partial charge in [-0.25, -0.2) is 0 Å². The van der Waals surface area contributed by atoms with Crippen molar-refractivity contribution in [3.05, 3.63) is 0 Å². The molecule has 0 amide bonds. The summed E-state index contributed by atoms with van der Waals surface area (Å²) in [6.45, 7) is 3.09. The highest BCUT2D eigenvalue weighted by Crippen LogP contribution is 1.94. The van der Waals surface area contributed by atoms with Crippen LogP contribution in [0.2, 0.25) is 0 Å². The van der Waals surface area contributed by atoms with Gasteiger partial charge in [0.2, 0.25) is 0 Å². The fourth-order valence-electron chi connectivity index (χ4n) is 0.811. The summed E-state index contributed by atoms with van der Waals surface area (Å²) >= 11 is 0. The van der Waals surface area contributed by atoms with Gasteiger partial charge >= 0.3 is 0 Å². The quantitative estimate of drug-likeness (QED) is 0.260. The lowest BCUT2D eigenvalue weighted by Gasteiger charge is -2.22. The largest absolute Gasteiger partial charge is 0.409 e. The smallest absolute Gasteiger partial charge is 0.153 e. The van der Waals surface area contributed by atoms with Crippen molar-refractivity contribution in [2.75, 3.05) is 27.3 Å². The number of hydrogen-bond acceptors (Lipinski definition) is 4. The zero-order valence-electron chi connectivity index (χ0n) is 7.82. The van der Waals surface area contributed by atoms with Crippen LogP contribution < -0.4 is 5.73 Å². The highest BCUT2D eigenvalue weighted by atomic mass is 16.5. The summed E-state index contributed by atoms with van der Waals surface area (Å²) in [6, 6.07) is 0.260. The van der Waals surface area contributed by atoms with Crippen LogP contribution in [0.1, 0.15) is 6.92 Å². The molecule has 5 nitrogen and oxygen atoms in total. The van der Waals surface area contributed by atoms with E-state index in [1.807, 2.05) is 18.9 Å². The van der Waals surface area contributed by atoms with Crippen molar-refractivity contribution < 1.29 is 9.94 Å². The first-order valence-electron chi connectivity index (χ1n) is 3.77. The summed E-state index contributed by atoms with van der Waals surface area (Å²) in [7, 11) is 3.54. The fraction of sp³-hybridized carbons (Fsp3) is 0.857. The first-order valence-corrected chi connectivity index (χ1v) is 3.77. The molecule has 1 unspecified atom stereocenters. The minimum absolute atomic E-state index is 0.209. The lowest BCUT2D eigenvalue weighted by Crippen LogP contribution is -2.39. The van der Waals surface area contributed by atoms with Crippen molar-refractivity contribution in [3.63, 3.8) is 0 Å². The van der Waals surface area contributed by atoms with E-state index in [0.29, 0.717) is 13.2 Å². The van der Waals surface area contributed by atoms with Crippen LogP contribution in [0, 0.1) is 0 Å². The summed E-state index contributed by atoms with van der Waals surface area (Å²) in [4.78, 5) is 1.94. The van der Waals surface area contributed by atoms with E-state index in [2.05, 4.69) is 5.16 Å². The van der Waals surface area contributed by atoms with Gasteiger partial charge in [-0.05, 0) is 14.0 Å². The molecule has 12 heavy (non-hydrogen) atoms. The average molecular weight is 175 g/mol. The highest BCUT2D eigenvalue weighted by Gasteiger charge is 2.09. The summed E-state index contributed by atoms with van der Waals surface area (Å²) < 4.78 is 4.96. The molecule has 5 heteroatoms. The molecule has 0 saturated heterocycles. The second-order valence-corrected chi connectivity index (χ2v) is 2.81. The third-order valence-electron chi connectivity index (χ3n) is 1.70. The van der Waals surface area contributed by atoms with Crippen LogP contribution in [0.15, 0.2) is 5.16 Å². The van der Waals surface area contributed by atoms with Gasteiger partial charge in [0.05, 0.1) is 13.2 Å². The number of hydrogen-bond donors (Lipinski definition) is 2. The van der Waals surface area contributed by atoms with Gasteiger partial charge in [-0.15, -0.1) is 0 Å². The Balaban J connectivity index is 3.77. The number of ether oxygens (including phenoxy) is 1. The van der Waals surface area contributed by atoms with E-state index < -0.39 is 0 Å². The molecule has 0 rings (SSSR count). The number of oxime groups is 1. The van der Waals surface area contributed by atoms with Gasteiger partial charge < -0.3 is 15.7 Å². The Morgan fingerprint density at radius 1 is 1.75 bits per heavy atom. The first-order chi connectivity index (χ1) is 5.61. The molecular formula is C7H17N3O2. The van der Waals surface area contributed by atoms with E-state index in [1.165, 1.54) is 0 Å². The Kier molecular flexibility index (Phi) is 5.40. The fourth-order valence-corrected chi connectivity index (χ4v) is 0.811. The van der Waals surface area contributed by atoms with Crippen molar-refractivity contribution in [2.45, 2.75) is 13.0 Å². The molecule has 0 saturated carbocycles. The maximum absolute atomic E-state index is 8.30. The summed E-state index contributed by atoms with van der Waals surface area (Å²) in [5, 5.41) is 11.2. The van der Waals surface area contributed by atoms with Gasteiger partial charge in [0.25, 0.3) is 0 Å². The van der Waals surface area contributed by atoms with Crippen LogP contribution in [0.5, 0.6) is 0 Å². The Bertz CT molecular complexity index is 150. The molecule has 0 bridgehead atoms. The van der Waals surface area contributed by atoms with Gasteiger partial charge in [-0.1, -0.05) is 5.16 Å². The summed E-state index contributed by atoms with van der Waals surface area (Å²) in [6.07, 6.45) is 0. The lowest BCUT2D eigenvalue weighted by molar-refractivity contribution is 0.123. The number of nitrogens with zero attached hydrogens (tertiary/aromatic N) is 2. The van der Waals surface area contributed by atoms with Gasteiger partial charge in [-0.2, -0.15) is 0 Å². The number of methoxy groups -OCH3 is 1. The second kappa shape index (κ2) is 5.79. The van der Waals surface area contributed by atoms with Crippen molar-refractivity contribution in [1.82, 2.24) is 4.90 Å². The molecule has 0 aromatic rings. The zero-order valence-corrected chi connectivity index (χ0v) is 7.82. The topological polar surface area (TPSA) is 71.1 Å². The monoisotopic (exact) mass is 175 g/mol. The van der Waals surface area contributed by atoms with Crippen LogP contribution in [-0.2, 0) is 4.74 Å². The van der Waals surface area contributed by atoms with E-state index in [0.717, 1.165) is 0 Å². The lowest BCUT2D eigenvalue weighted by atomic mass is 10.3. The average Bonchev–Trinajstić information content (AvgIpc) is 2.04. The van der Waals surface area contributed by atoms with Crippen LogP contribution in [0.25, 0.3) is 0 Å². The molecule has 0 fully saturated rings. The molecular weight excluding hydrogens is 158 g/mol. The molecule has 72 valence electrons. The molecule has 0 aliphatic carbocycles. The van der Waals surface area contributed by atoms with Gasteiger partial charge in [0.15, 0.2) is 5.84 Å². The maximum atomic E-state index is 8.30. The first kappa shape index (κ1) is 11.2. The minimum Gasteiger partial charge on any atom is -0.409 e. The molecule has 3 N–H and O–H groups in total. The molecule has 1 atom stereocenters. The van der Waals surface area contributed by atoms with Gasteiger partial charge in [0.1, 0.15) is 0 Å². The normalized spacial score (nSPS) is 15.2. The molecule has 0 aromatic carbocycles. The van der Waals surface area contributed by atoms with Crippen molar-refractivity contribution in [3.8, 4) is 0 Å². The Hall–Kier alpha value is -0.810. The van der Waals surface area contributed by atoms with E-state index in [4.69, 9.17) is 15.7 Å². The van der Waals surface area contributed by atoms with E-state index in [9.17, 15) is 0 Å². The van der Waals surface area contributed by atoms with E-state index in [-0.39, 0.29) is 11.9 Å². The van der Waals surface area contributed by atoms with Crippen molar-refractivity contribution in [2.24, 2.45) is 10.9 Å². The number of likely N-dealkylation sites (N-methyl/N-ethyl adjacent to an activating group) is 1. The van der Waals surface area contributed by atoms with Crippen molar-refractivity contribution >= 4 is 5.84 Å². The molecule has 0 heterocycles. The Labute approximate surface area is 72.8 Å². The molecule has 0 aliphatic heterocycles. The minimum atomic E-state index is 0.209. The second-order valence-electron chi connectivity index (χ2n) is 2.81. The Morgan fingerprint density at radius 2 is 2.33 bits per heavy atom. The van der Waals surface area contributed by atoms with Gasteiger partial charge in [-0.3, -0.25) is 4.90 Å². The predicted octanol–water partition coefficient (Wildman–Crippen LogP) is -0.300.